The van der Waals surface area contributed by atoms with Crippen molar-refractivity contribution in [3.63, 3.8) is 0 Å². The van der Waals surface area contributed by atoms with Gasteiger partial charge >= 0.3 is 0 Å². The van der Waals surface area contributed by atoms with E-state index in [-0.39, 0.29) is 0 Å². The molecular formula is C13H27NO3. The molecule has 1 fully saturated rings. The van der Waals surface area contributed by atoms with E-state index in [0.29, 0.717) is 19.3 Å². The van der Waals surface area contributed by atoms with Gasteiger partial charge in [-0.3, -0.25) is 4.90 Å². The molecule has 0 aliphatic heterocycles. The van der Waals surface area contributed by atoms with Crippen molar-refractivity contribution in [1.29, 1.82) is 0 Å². The van der Waals surface area contributed by atoms with Crippen molar-refractivity contribution in [2.45, 2.75) is 44.2 Å². The van der Waals surface area contributed by atoms with Gasteiger partial charge in [0.25, 0.3) is 0 Å². The van der Waals surface area contributed by atoms with Gasteiger partial charge in [-0.2, -0.15) is 0 Å². The van der Waals surface area contributed by atoms with Gasteiger partial charge in [0.1, 0.15) is 0 Å². The molecule has 4 heteroatoms. The summed E-state index contributed by atoms with van der Waals surface area (Å²) < 4.78 is 10.3. The van der Waals surface area contributed by atoms with Crippen LogP contribution >= 0.6 is 0 Å². The molecule has 0 aromatic carbocycles. The second-order valence-corrected chi connectivity index (χ2v) is 5.20. The molecule has 0 spiro atoms. The van der Waals surface area contributed by atoms with Gasteiger partial charge in [0, 0.05) is 33.4 Å². The van der Waals surface area contributed by atoms with E-state index in [0.717, 1.165) is 38.8 Å². The Hall–Kier alpha value is -0.160. The summed E-state index contributed by atoms with van der Waals surface area (Å²) >= 11 is 0. The van der Waals surface area contributed by atoms with Crippen LogP contribution in [0.3, 0.4) is 0 Å². The molecule has 1 saturated carbocycles. The Morgan fingerprint density at radius 3 is 2.41 bits per heavy atom. The van der Waals surface area contributed by atoms with Gasteiger partial charge in [-0.15, -0.1) is 0 Å². The highest BCUT2D eigenvalue weighted by atomic mass is 16.5. The summed E-state index contributed by atoms with van der Waals surface area (Å²) in [5, 5.41) is 10.5. The number of rotatable bonds is 8. The molecule has 4 nitrogen and oxygen atoms in total. The number of nitrogens with zero attached hydrogens (tertiary/aromatic N) is 1. The number of ether oxygens (including phenoxy) is 2. The molecular weight excluding hydrogens is 218 g/mol. The first kappa shape index (κ1) is 14.9. The van der Waals surface area contributed by atoms with E-state index in [1.54, 1.807) is 14.2 Å². The Morgan fingerprint density at radius 1 is 1.24 bits per heavy atom. The summed E-state index contributed by atoms with van der Waals surface area (Å²) in [7, 11) is 3.43. The fourth-order valence-corrected chi connectivity index (χ4v) is 2.58. The van der Waals surface area contributed by atoms with Gasteiger partial charge in [-0.1, -0.05) is 12.8 Å². The molecule has 1 aliphatic carbocycles. The third-order valence-electron chi connectivity index (χ3n) is 3.65. The van der Waals surface area contributed by atoms with E-state index in [9.17, 15) is 5.11 Å². The SMILES string of the molecule is COCCN(CC1(O)CCCC1)C(C)COC. The fraction of sp³-hybridized carbons (Fsp3) is 1.00. The average Bonchev–Trinajstić information content (AvgIpc) is 2.72. The van der Waals surface area contributed by atoms with E-state index in [1.807, 2.05) is 0 Å². The van der Waals surface area contributed by atoms with E-state index in [1.165, 1.54) is 0 Å². The minimum Gasteiger partial charge on any atom is -0.389 e. The van der Waals surface area contributed by atoms with Gasteiger partial charge in [0.2, 0.25) is 0 Å². The molecule has 1 aliphatic rings. The van der Waals surface area contributed by atoms with Gasteiger partial charge < -0.3 is 14.6 Å². The van der Waals surface area contributed by atoms with Crippen molar-refractivity contribution in [3.8, 4) is 0 Å². The van der Waals surface area contributed by atoms with E-state index in [4.69, 9.17) is 9.47 Å². The summed E-state index contributed by atoms with van der Waals surface area (Å²) in [6.07, 6.45) is 4.15. The molecule has 17 heavy (non-hydrogen) atoms. The lowest BCUT2D eigenvalue weighted by atomic mass is 10.0. The van der Waals surface area contributed by atoms with Crippen molar-refractivity contribution in [1.82, 2.24) is 4.90 Å². The average molecular weight is 245 g/mol. The predicted molar refractivity (Wildman–Crippen MR) is 68.2 cm³/mol. The Morgan fingerprint density at radius 2 is 1.88 bits per heavy atom. The largest absolute Gasteiger partial charge is 0.389 e. The minimum absolute atomic E-state index is 0.319. The Balaban J connectivity index is 2.49. The second kappa shape index (κ2) is 7.31. The van der Waals surface area contributed by atoms with Gasteiger partial charge in [0.05, 0.1) is 18.8 Å². The standard InChI is InChI=1S/C13H27NO3/c1-12(10-17-3)14(8-9-16-2)11-13(15)6-4-5-7-13/h12,15H,4-11H2,1-3H3. The van der Waals surface area contributed by atoms with Crippen LogP contribution in [0.5, 0.6) is 0 Å². The number of hydrogen-bond donors (Lipinski definition) is 1. The first-order valence-corrected chi connectivity index (χ1v) is 6.55. The molecule has 102 valence electrons. The van der Waals surface area contributed by atoms with Crippen molar-refractivity contribution in [2.24, 2.45) is 0 Å². The van der Waals surface area contributed by atoms with Gasteiger partial charge in [-0.25, -0.2) is 0 Å². The van der Waals surface area contributed by atoms with Crippen LogP contribution in [0, 0.1) is 0 Å². The lowest BCUT2D eigenvalue weighted by Gasteiger charge is -2.35. The summed E-state index contributed by atoms with van der Waals surface area (Å²) in [6, 6.07) is 0.319. The molecule has 0 amide bonds. The number of hydrogen-bond acceptors (Lipinski definition) is 4. The van der Waals surface area contributed by atoms with Crippen LogP contribution < -0.4 is 0 Å². The lowest BCUT2D eigenvalue weighted by molar-refractivity contribution is -0.0194. The normalized spacial score (nSPS) is 21.0. The number of aliphatic hydroxyl groups is 1. The van der Waals surface area contributed by atoms with Crippen LogP contribution in [0.25, 0.3) is 0 Å². The minimum atomic E-state index is -0.490. The van der Waals surface area contributed by atoms with Crippen LogP contribution in [-0.4, -0.2) is 62.2 Å². The van der Waals surface area contributed by atoms with Gasteiger partial charge in [-0.05, 0) is 19.8 Å². The summed E-state index contributed by atoms with van der Waals surface area (Å²) in [5.74, 6) is 0. The van der Waals surface area contributed by atoms with Crippen molar-refractivity contribution in [3.05, 3.63) is 0 Å². The zero-order valence-electron chi connectivity index (χ0n) is 11.4. The van der Waals surface area contributed by atoms with Crippen LogP contribution in [0.1, 0.15) is 32.6 Å². The molecule has 1 rings (SSSR count). The molecule has 0 heterocycles. The zero-order valence-corrected chi connectivity index (χ0v) is 11.4. The third kappa shape index (κ3) is 4.92. The Labute approximate surface area is 105 Å². The highest BCUT2D eigenvalue weighted by Gasteiger charge is 2.34. The summed E-state index contributed by atoms with van der Waals surface area (Å²) in [6.45, 7) is 5.12. The molecule has 0 saturated heterocycles. The molecule has 1 N–H and O–H groups in total. The van der Waals surface area contributed by atoms with Crippen LogP contribution in [-0.2, 0) is 9.47 Å². The monoisotopic (exact) mass is 245 g/mol. The highest BCUT2D eigenvalue weighted by Crippen LogP contribution is 2.30. The quantitative estimate of drug-likeness (QED) is 0.699. The molecule has 0 radical (unpaired) electrons. The lowest BCUT2D eigenvalue weighted by Crippen LogP contribution is -2.47. The number of methoxy groups -OCH3 is 2. The van der Waals surface area contributed by atoms with Crippen LogP contribution in [0.2, 0.25) is 0 Å². The molecule has 1 atom stereocenters. The Kier molecular flexibility index (Phi) is 6.41. The first-order chi connectivity index (χ1) is 8.11. The topological polar surface area (TPSA) is 41.9 Å². The maximum Gasteiger partial charge on any atom is 0.0774 e. The maximum atomic E-state index is 10.5. The first-order valence-electron chi connectivity index (χ1n) is 6.55. The van der Waals surface area contributed by atoms with Crippen molar-refractivity contribution in [2.75, 3.05) is 40.5 Å². The zero-order chi connectivity index (χ0) is 12.7. The van der Waals surface area contributed by atoms with Crippen LogP contribution in [0.4, 0.5) is 0 Å². The van der Waals surface area contributed by atoms with Crippen molar-refractivity contribution < 1.29 is 14.6 Å². The van der Waals surface area contributed by atoms with E-state index < -0.39 is 5.60 Å². The predicted octanol–water partition coefficient (Wildman–Crippen LogP) is 1.27. The van der Waals surface area contributed by atoms with E-state index in [2.05, 4.69) is 11.8 Å². The molecule has 0 aromatic rings. The molecule has 1 unspecified atom stereocenters. The summed E-state index contributed by atoms with van der Waals surface area (Å²) in [5.41, 5.74) is -0.490. The molecule has 0 bridgehead atoms. The third-order valence-corrected chi connectivity index (χ3v) is 3.65. The highest BCUT2D eigenvalue weighted by molar-refractivity contribution is 4.88. The van der Waals surface area contributed by atoms with E-state index >= 15 is 0 Å². The summed E-state index contributed by atoms with van der Waals surface area (Å²) in [4.78, 5) is 2.28. The van der Waals surface area contributed by atoms with Gasteiger partial charge in [0.15, 0.2) is 0 Å². The molecule has 0 aromatic heterocycles. The Bertz CT molecular complexity index is 205. The fourth-order valence-electron chi connectivity index (χ4n) is 2.58. The smallest absolute Gasteiger partial charge is 0.0774 e. The second-order valence-electron chi connectivity index (χ2n) is 5.20. The maximum absolute atomic E-state index is 10.5. The van der Waals surface area contributed by atoms with Crippen molar-refractivity contribution >= 4 is 0 Å². The van der Waals surface area contributed by atoms with Crippen LogP contribution in [0.15, 0.2) is 0 Å².